The summed E-state index contributed by atoms with van der Waals surface area (Å²) in [5.74, 6) is -5.02. The predicted molar refractivity (Wildman–Crippen MR) is 37.1 cm³/mol. The molecule has 0 aliphatic rings. The summed E-state index contributed by atoms with van der Waals surface area (Å²) in [7, 11) is 0. The fraction of sp³-hybridized carbons (Fsp3) is 0.500. The van der Waals surface area contributed by atoms with Gasteiger partial charge in [0, 0.05) is 33.3 Å². The van der Waals surface area contributed by atoms with E-state index in [1.54, 1.807) is 0 Å². The SMILES string of the molecule is O=C(O)CC(O)(CC(=O)O)C(=O)O.[Co].[Ni]. The zero-order valence-corrected chi connectivity index (χ0v) is 9.11. The molecule has 0 heterocycles. The first-order valence-corrected chi connectivity index (χ1v) is 3.17. The first-order chi connectivity index (χ1) is 5.78. The molecule has 0 aromatic carbocycles. The van der Waals surface area contributed by atoms with Gasteiger partial charge in [0.2, 0.25) is 0 Å². The van der Waals surface area contributed by atoms with Crippen LogP contribution in [0.4, 0.5) is 0 Å². The minimum absolute atomic E-state index is 0. The Kier molecular flexibility index (Phi) is 10.1. The van der Waals surface area contributed by atoms with E-state index in [1.807, 2.05) is 0 Å². The molecule has 0 spiro atoms. The van der Waals surface area contributed by atoms with Crippen molar-refractivity contribution in [3.8, 4) is 0 Å². The largest absolute Gasteiger partial charge is 0.481 e. The zero-order valence-electron chi connectivity index (χ0n) is 7.08. The predicted octanol–water partition coefficient (Wildman–Crippen LogP) is -1.25. The van der Waals surface area contributed by atoms with Gasteiger partial charge in [-0.15, -0.1) is 0 Å². The van der Waals surface area contributed by atoms with E-state index >= 15 is 0 Å². The van der Waals surface area contributed by atoms with Crippen LogP contribution < -0.4 is 0 Å². The third-order valence-electron chi connectivity index (χ3n) is 1.29. The number of hydrogen-bond donors (Lipinski definition) is 4. The summed E-state index contributed by atoms with van der Waals surface area (Å²) in [6.45, 7) is 0. The van der Waals surface area contributed by atoms with Crippen molar-refractivity contribution in [2.24, 2.45) is 0 Å². The van der Waals surface area contributed by atoms with Gasteiger partial charge in [-0.25, -0.2) is 4.79 Å². The first kappa shape index (κ1) is 19.9. The summed E-state index contributed by atoms with van der Waals surface area (Å²) in [4.78, 5) is 30.5. The molecule has 0 amide bonds. The molecule has 0 atom stereocenters. The van der Waals surface area contributed by atoms with Crippen molar-refractivity contribution in [1.29, 1.82) is 0 Å². The maximum Gasteiger partial charge on any atom is 0.336 e. The standard InChI is InChI=1S/C6H8O7.Co.Ni/c7-3(8)1-6(13,5(11)12)2-4(9)10;;/h13H,1-2H2,(H,7,8)(H,9,10)(H,11,12);;. The van der Waals surface area contributed by atoms with Gasteiger partial charge in [0.05, 0.1) is 12.8 Å². The Balaban J connectivity index is -0.000000720. The summed E-state index contributed by atoms with van der Waals surface area (Å²) in [5.41, 5.74) is -2.74. The van der Waals surface area contributed by atoms with Crippen LogP contribution in [0.3, 0.4) is 0 Å². The Bertz CT molecular complexity index is 238. The third kappa shape index (κ3) is 7.32. The number of rotatable bonds is 5. The number of hydrogen-bond acceptors (Lipinski definition) is 4. The molecule has 1 radical (unpaired) electrons. The smallest absolute Gasteiger partial charge is 0.336 e. The normalized spacial score (nSPS) is 9.40. The Hall–Kier alpha value is -0.630. The summed E-state index contributed by atoms with van der Waals surface area (Å²) < 4.78 is 0. The number of aliphatic carboxylic acids is 3. The molecule has 0 aliphatic heterocycles. The van der Waals surface area contributed by atoms with Crippen molar-refractivity contribution >= 4 is 17.9 Å². The topological polar surface area (TPSA) is 132 Å². The molecule has 4 N–H and O–H groups in total. The van der Waals surface area contributed by atoms with Gasteiger partial charge in [-0.05, 0) is 0 Å². The van der Waals surface area contributed by atoms with E-state index in [9.17, 15) is 14.4 Å². The molecule has 0 saturated heterocycles. The van der Waals surface area contributed by atoms with Gasteiger partial charge in [-0.3, -0.25) is 9.59 Å². The molecule has 0 aromatic heterocycles. The molecule has 0 saturated carbocycles. The molecular formula is C6H8CoNiO7. The van der Waals surface area contributed by atoms with E-state index in [-0.39, 0.29) is 33.3 Å². The van der Waals surface area contributed by atoms with E-state index in [0.717, 1.165) is 0 Å². The minimum atomic E-state index is -2.74. The molecular weight excluding hydrogens is 302 g/mol. The van der Waals surface area contributed by atoms with Gasteiger partial charge in [-0.1, -0.05) is 0 Å². The molecule has 93 valence electrons. The summed E-state index contributed by atoms with van der Waals surface area (Å²) in [6, 6.07) is 0. The fourth-order valence-corrected chi connectivity index (χ4v) is 0.714. The van der Waals surface area contributed by atoms with Crippen molar-refractivity contribution in [2.45, 2.75) is 18.4 Å². The first-order valence-electron chi connectivity index (χ1n) is 3.17. The van der Waals surface area contributed by atoms with Crippen LogP contribution in [0.1, 0.15) is 12.8 Å². The zero-order chi connectivity index (χ0) is 10.6. The molecule has 0 rings (SSSR count). The van der Waals surface area contributed by atoms with E-state index in [0.29, 0.717) is 0 Å². The maximum atomic E-state index is 10.3. The average molecular weight is 310 g/mol. The van der Waals surface area contributed by atoms with Crippen LogP contribution in [-0.2, 0) is 47.7 Å². The second-order valence-corrected chi connectivity index (χ2v) is 2.48. The third-order valence-corrected chi connectivity index (χ3v) is 1.29. The van der Waals surface area contributed by atoms with Crippen molar-refractivity contribution in [3.05, 3.63) is 0 Å². The minimum Gasteiger partial charge on any atom is -0.481 e. The van der Waals surface area contributed by atoms with Crippen LogP contribution in [0.15, 0.2) is 0 Å². The monoisotopic (exact) mass is 309 g/mol. The quantitative estimate of drug-likeness (QED) is 0.466. The molecule has 0 unspecified atom stereocenters. The molecule has 0 aliphatic carbocycles. The van der Waals surface area contributed by atoms with Gasteiger partial charge in [-0.2, -0.15) is 0 Å². The van der Waals surface area contributed by atoms with Gasteiger partial charge >= 0.3 is 17.9 Å². The van der Waals surface area contributed by atoms with Gasteiger partial charge in [0.15, 0.2) is 5.60 Å². The van der Waals surface area contributed by atoms with E-state index < -0.39 is 36.4 Å². The van der Waals surface area contributed by atoms with Crippen LogP contribution in [0, 0.1) is 0 Å². The van der Waals surface area contributed by atoms with Crippen LogP contribution in [0.5, 0.6) is 0 Å². The summed E-state index contributed by atoms with van der Waals surface area (Å²) >= 11 is 0. The summed E-state index contributed by atoms with van der Waals surface area (Å²) in [6.07, 6.45) is -2.29. The second-order valence-electron chi connectivity index (χ2n) is 2.48. The van der Waals surface area contributed by atoms with Crippen LogP contribution >= 0.6 is 0 Å². The molecule has 0 fully saturated rings. The molecule has 15 heavy (non-hydrogen) atoms. The van der Waals surface area contributed by atoms with Gasteiger partial charge in [0.25, 0.3) is 0 Å². The Morgan fingerprint density at radius 3 is 1.33 bits per heavy atom. The number of carboxylic acids is 3. The van der Waals surface area contributed by atoms with Crippen LogP contribution in [0.2, 0.25) is 0 Å². The molecule has 0 aromatic rings. The second kappa shape index (κ2) is 7.63. The molecule has 7 nitrogen and oxygen atoms in total. The number of carboxylic acid groups (broad SMARTS) is 3. The summed E-state index contributed by atoms with van der Waals surface area (Å²) in [5, 5.41) is 33.8. The van der Waals surface area contributed by atoms with E-state index in [2.05, 4.69) is 0 Å². The van der Waals surface area contributed by atoms with E-state index in [4.69, 9.17) is 20.4 Å². The van der Waals surface area contributed by atoms with Crippen molar-refractivity contribution < 1.29 is 68.1 Å². The Morgan fingerprint density at radius 2 is 1.20 bits per heavy atom. The van der Waals surface area contributed by atoms with Crippen LogP contribution in [0.25, 0.3) is 0 Å². The van der Waals surface area contributed by atoms with Crippen molar-refractivity contribution in [1.82, 2.24) is 0 Å². The van der Waals surface area contributed by atoms with Crippen molar-refractivity contribution in [3.63, 3.8) is 0 Å². The van der Waals surface area contributed by atoms with Gasteiger partial charge in [0.1, 0.15) is 0 Å². The fourth-order valence-electron chi connectivity index (χ4n) is 0.714. The average Bonchev–Trinajstić information content (AvgIpc) is 1.82. The Labute approximate surface area is 105 Å². The van der Waals surface area contributed by atoms with E-state index in [1.165, 1.54) is 0 Å². The van der Waals surface area contributed by atoms with Gasteiger partial charge < -0.3 is 20.4 Å². The molecule has 0 bridgehead atoms. The Morgan fingerprint density at radius 1 is 0.933 bits per heavy atom. The van der Waals surface area contributed by atoms with Crippen molar-refractivity contribution in [2.75, 3.05) is 0 Å². The number of aliphatic hydroxyl groups is 1. The maximum absolute atomic E-state index is 10.3. The molecule has 9 heteroatoms. The van der Waals surface area contributed by atoms with Crippen LogP contribution in [-0.4, -0.2) is 43.9 Å². The number of carbonyl (C=O) groups is 3.